The monoisotopic (exact) mass is 280 g/mol. The van der Waals surface area contributed by atoms with Crippen LogP contribution in [-0.2, 0) is 6.42 Å². The number of nitrogens with two attached hydrogens (primary N) is 1. The van der Waals surface area contributed by atoms with Crippen LogP contribution in [0.4, 0.5) is 4.39 Å². The van der Waals surface area contributed by atoms with Gasteiger partial charge in [0, 0.05) is 6.20 Å². The van der Waals surface area contributed by atoms with Crippen LogP contribution in [0.15, 0.2) is 30.5 Å². The normalized spacial score (nSPS) is 12.4. The van der Waals surface area contributed by atoms with Gasteiger partial charge in [-0.05, 0) is 31.0 Å². The van der Waals surface area contributed by atoms with Crippen molar-refractivity contribution in [3.8, 4) is 0 Å². The van der Waals surface area contributed by atoms with Crippen LogP contribution >= 0.6 is 11.6 Å². The molecule has 1 heterocycles. The first-order valence-corrected chi connectivity index (χ1v) is 6.18. The minimum atomic E-state index is -0.436. The van der Waals surface area contributed by atoms with E-state index in [0.717, 1.165) is 5.69 Å². The van der Waals surface area contributed by atoms with Gasteiger partial charge in [-0.1, -0.05) is 23.7 Å². The molecule has 0 bridgehead atoms. The van der Waals surface area contributed by atoms with Gasteiger partial charge in [-0.15, -0.1) is 0 Å². The summed E-state index contributed by atoms with van der Waals surface area (Å²) in [6.07, 6.45) is 2.11. The van der Waals surface area contributed by atoms with E-state index in [2.05, 4.69) is 15.4 Å². The van der Waals surface area contributed by atoms with Crippen LogP contribution < -0.4 is 11.3 Å². The largest absolute Gasteiger partial charge is 0.271 e. The highest BCUT2D eigenvalue weighted by Crippen LogP contribution is 2.24. The van der Waals surface area contributed by atoms with E-state index < -0.39 is 5.82 Å². The molecule has 1 atom stereocenters. The molecule has 100 valence electrons. The lowest BCUT2D eigenvalue weighted by molar-refractivity contribution is 0.533. The Kier molecular flexibility index (Phi) is 4.42. The molecule has 19 heavy (non-hydrogen) atoms. The van der Waals surface area contributed by atoms with Gasteiger partial charge >= 0.3 is 0 Å². The first-order chi connectivity index (χ1) is 9.11. The molecule has 0 saturated carbocycles. The lowest BCUT2D eigenvalue weighted by atomic mass is 10.0. The van der Waals surface area contributed by atoms with Gasteiger partial charge in [-0.25, -0.2) is 14.4 Å². The fraction of sp³-hybridized carbons (Fsp3) is 0.231. The summed E-state index contributed by atoms with van der Waals surface area (Å²) in [6.45, 7) is 1.80. The quantitative estimate of drug-likeness (QED) is 0.666. The minimum absolute atomic E-state index is 0.119. The summed E-state index contributed by atoms with van der Waals surface area (Å²) in [5.74, 6) is 5.76. The van der Waals surface area contributed by atoms with E-state index in [9.17, 15) is 4.39 Å². The van der Waals surface area contributed by atoms with E-state index in [1.165, 1.54) is 6.07 Å². The second kappa shape index (κ2) is 6.06. The Balaban J connectivity index is 2.26. The zero-order chi connectivity index (χ0) is 13.8. The van der Waals surface area contributed by atoms with Gasteiger partial charge in [0.05, 0.1) is 16.8 Å². The van der Waals surface area contributed by atoms with E-state index in [-0.39, 0.29) is 11.1 Å². The highest BCUT2D eigenvalue weighted by molar-refractivity contribution is 6.31. The van der Waals surface area contributed by atoms with Crippen molar-refractivity contribution in [2.24, 2.45) is 5.84 Å². The third kappa shape index (κ3) is 3.26. The maximum Gasteiger partial charge on any atom is 0.142 e. The molecule has 0 spiro atoms. The van der Waals surface area contributed by atoms with Crippen LogP contribution in [0.2, 0.25) is 5.02 Å². The van der Waals surface area contributed by atoms with Gasteiger partial charge in [-0.2, -0.15) is 0 Å². The molecule has 0 aliphatic rings. The molecule has 2 rings (SSSR count). The molecule has 3 N–H and O–H groups in total. The lowest BCUT2D eigenvalue weighted by Gasteiger charge is -2.16. The van der Waals surface area contributed by atoms with E-state index in [1.807, 2.05) is 0 Å². The van der Waals surface area contributed by atoms with Crippen molar-refractivity contribution in [1.82, 2.24) is 15.4 Å². The van der Waals surface area contributed by atoms with Crippen molar-refractivity contribution < 1.29 is 4.39 Å². The Labute approximate surface area is 115 Å². The molecular formula is C13H14ClFN4. The molecule has 1 unspecified atom stereocenters. The van der Waals surface area contributed by atoms with Crippen LogP contribution in [0.1, 0.15) is 23.1 Å². The van der Waals surface area contributed by atoms with Crippen LogP contribution in [0, 0.1) is 12.7 Å². The van der Waals surface area contributed by atoms with Gasteiger partial charge in [0.15, 0.2) is 0 Å². The van der Waals surface area contributed by atoms with E-state index >= 15 is 0 Å². The number of hydrogen-bond acceptors (Lipinski definition) is 4. The van der Waals surface area contributed by atoms with E-state index in [4.69, 9.17) is 17.4 Å². The SMILES string of the molecule is Cc1nccc(C(Cc2cccc(F)c2Cl)NN)n1. The van der Waals surface area contributed by atoms with Crippen molar-refractivity contribution >= 4 is 11.6 Å². The van der Waals surface area contributed by atoms with Crippen molar-refractivity contribution in [3.63, 3.8) is 0 Å². The topological polar surface area (TPSA) is 63.8 Å². The summed E-state index contributed by atoms with van der Waals surface area (Å²) >= 11 is 5.94. The first kappa shape index (κ1) is 13.9. The molecular weight excluding hydrogens is 267 g/mol. The minimum Gasteiger partial charge on any atom is -0.271 e. The first-order valence-electron chi connectivity index (χ1n) is 5.80. The smallest absolute Gasteiger partial charge is 0.142 e. The average Bonchev–Trinajstić information content (AvgIpc) is 2.40. The molecule has 2 aromatic rings. The van der Waals surface area contributed by atoms with E-state index in [0.29, 0.717) is 17.8 Å². The molecule has 0 amide bonds. The summed E-state index contributed by atoms with van der Waals surface area (Å²) in [4.78, 5) is 8.33. The molecule has 0 aliphatic heterocycles. The average molecular weight is 281 g/mol. The zero-order valence-corrected chi connectivity index (χ0v) is 11.2. The number of benzene rings is 1. The number of nitrogens with zero attached hydrogens (tertiary/aromatic N) is 2. The van der Waals surface area contributed by atoms with Gasteiger partial charge in [-0.3, -0.25) is 11.3 Å². The molecule has 4 nitrogen and oxygen atoms in total. The fourth-order valence-electron chi connectivity index (χ4n) is 1.84. The second-order valence-electron chi connectivity index (χ2n) is 4.17. The fourth-order valence-corrected chi connectivity index (χ4v) is 2.05. The number of hydrazine groups is 1. The van der Waals surface area contributed by atoms with Crippen molar-refractivity contribution in [2.75, 3.05) is 0 Å². The maximum atomic E-state index is 13.4. The molecule has 0 fully saturated rings. The van der Waals surface area contributed by atoms with Crippen molar-refractivity contribution in [1.29, 1.82) is 0 Å². The highest BCUT2D eigenvalue weighted by atomic mass is 35.5. The molecule has 1 aromatic carbocycles. The van der Waals surface area contributed by atoms with Crippen LogP contribution in [0.3, 0.4) is 0 Å². The van der Waals surface area contributed by atoms with Gasteiger partial charge in [0.25, 0.3) is 0 Å². The number of hydrogen-bond donors (Lipinski definition) is 2. The third-order valence-corrected chi connectivity index (χ3v) is 3.23. The van der Waals surface area contributed by atoms with Crippen LogP contribution in [0.5, 0.6) is 0 Å². The summed E-state index contributed by atoms with van der Waals surface area (Å²) < 4.78 is 13.4. The zero-order valence-electron chi connectivity index (χ0n) is 10.4. The van der Waals surface area contributed by atoms with Crippen LogP contribution in [0.25, 0.3) is 0 Å². The predicted octanol–water partition coefficient (Wildman–Crippen LogP) is 2.32. The standard InChI is InChI=1S/C13H14ClFN4/c1-8-17-6-5-11(18-8)12(19-16)7-9-3-2-4-10(15)13(9)14/h2-6,12,19H,7,16H2,1H3. The summed E-state index contributed by atoms with van der Waals surface area (Å²) in [6, 6.07) is 6.23. The highest BCUT2D eigenvalue weighted by Gasteiger charge is 2.15. The van der Waals surface area contributed by atoms with Gasteiger partial charge in [0.2, 0.25) is 0 Å². The lowest BCUT2D eigenvalue weighted by Crippen LogP contribution is -2.30. The molecule has 0 saturated heterocycles. The Hall–Kier alpha value is -1.56. The number of rotatable bonds is 4. The third-order valence-electron chi connectivity index (χ3n) is 2.81. The van der Waals surface area contributed by atoms with Crippen molar-refractivity contribution in [2.45, 2.75) is 19.4 Å². The van der Waals surface area contributed by atoms with Crippen molar-refractivity contribution in [3.05, 3.63) is 58.4 Å². The Morgan fingerprint density at radius 3 is 2.89 bits per heavy atom. The maximum absolute atomic E-state index is 13.4. The van der Waals surface area contributed by atoms with Gasteiger partial charge < -0.3 is 0 Å². The summed E-state index contributed by atoms with van der Waals surface area (Å²) in [7, 11) is 0. The second-order valence-corrected chi connectivity index (χ2v) is 4.54. The van der Waals surface area contributed by atoms with Gasteiger partial charge in [0.1, 0.15) is 11.6 Å². The van der Waals surface area contributed by atoms with Crippen LogP contribution in [-0.4, -0.2) is 9.97 Å². The summed E-state index contributed by atoms with van der Waals surface area (Å²) in [5.41, 5.74) is 4.10. The Morgan fingerprint density at radius 2 is 2.21 bits per heavy atom. The molecule has 0 aliphatic carbocycles. The molecule has 1 aromatic heterocycles. The number of aryl methyl sites for hydroxylation is 1. The summed E-state index contributed by atoms with van der Waals surface area (Å²) in [5, 5.41) is 0.119. The predicted molar refractivity (Wildman–Crippen MR) is 71.9 cm³/mol. The van der Waals surface area contributed by atoms with E-state index in [1.54, 1.807) is 31.3 Å². The Morgan fingerprint density at radius 1 is 1.42 bits per heavy atom. The molecule has 0 radical (unpaired) electrons. The Bertz CT molecular complexity index is 576. The number of halogens is 2. The molecule has 6 heteroatoms. The number of aromatic nitrogens is 2. The number of nitrogens with one attached hydrogen (secondary N) is 1.